The molecule has 5 atom stereocenters. The number of anilines is 1. The molecule has 1 aliphatic rings. The predicted molar refractivity (Wildman–Crippen MR) is 243 cm³/mol. The van der Waals surface area contributed by atoms with Gasteiger partial charge in [0.25, 0.3) is 14.4 Å². The van der Waals surface area contributed by atoms with Crippen LogP contribution in [0.2, 0.25) is 0 Å². The molecule has 2 aromatic heterocycles. The third-order valence-electron chi connectivity index (χ3n) is 11.0. The molecular formula is C48H53FN7O8P. The van der Waals surface area contributed by atoms with Gasteiger partial charge in [-0.3, -0.25) is 9.36 Å². The van der Waals surface area contributed by atoms with Gasteiger partial charge in [0.15, 0.2) is 23.2 Å². The van der Waals surface area contributed by atoms with Gasteiger partial charge in [0.05, 0.1) is 46.3 Å². The summed E-state index contributed by atoms with van der Waals surface area (Å²) in [6, 6.07) is 35.9. The minimum absolute atomic E-state index is 0.0188. The molecule has 0 saturated carbocycles. The molecule has 0 spiro atoms. The lowest BCUT2D eigenvalue weighted by atomic mass is 9.80. The fourth-order valence-corrected chi connectivity index (χ4v) is 9.83. The van der Waals surface area contributed by atoms with Gasteiger partial charge in [0.1, 0.15) is 35.4 Å². The van der Waals surface area contributed by atoms with Crippen molar-refractivity contribution in [3.05, 3.63) is 144 Å². The molecule has 1 aliphatic heterocycles. The number of hydrogen-bond donors (Lipinski definition) is 1. The van der Waals surface area contributed by atoms with Crippen LogP contribution in [0.4, 0.5) is 10.2 Å². The molecule has 4 aromatic carbocycles. The molecule has 1 N–H and O–H groups in total. The van der Waals surface area contributed by atoms with Crippen molar-refractivity contribution in [1.82, 2.24) is 24.2 Å². The molecule has 6 aromatic rings. The molecule has 7 rings (SSSR count). The lowest BCUT2D eigenvalue weighted by Crippen LogP contribution is -2.42. The largest absolute Gasteiger partial charge is 0.497 e. The van der Waals surface area contributed by atoms with Crippen molar-refractivity contribution < 1.29 is 41.9 Å². The van der Waals surface area contributed by atoms with E-state index in [0.717, 1.165) is 16.7 Å². The summed E-state index contributed by atoms with van der Waals surface area (Å²) < 4.78 is 64.3. The van der Waals surface area contributed by atoms with Gasteiger partial charge in [0.2, 0.25) is 0 Å². The van der Waals surface area contributed by atoms with Crippen molar-refractivity contribution in [1.29, 1.82) is 5.26 Å². The van der Waals surface area contributed by atoms with Crippen LogP contribution >= 0.6 is 8.53 Å². The summed E-state index contributed by atoms with van der Waals surface area (Å²) in [4.78, 5) is 25.8. The molecular weight excluding hydrogens is 853 g/mol. The summed E-state index contributed by atoms with van der Waals surface area (Å²) in [5, 5.41) is 12.2. The molecule has 340 valence electrons. The fourth-order valence-electron chi connectivity index (χ4n) is 8.06. The van der Waals surface area contributed by atoms with Crippen LogP contribution in [0.1, 0.15) is 67.4 Å². The number of carbonyl (C=O) groups is 1. The number of hydrogen-bond acceptors (Lipinski definition) is 13. The minimum atomic E-state index is -1.84. The Balaban J connectivity index is 1.34. The molecule has 0 radical (unpaired) electrons. The Morgan fingerprint density at radius 2 is 1.45 bits per heavy atom. The van der Waals surface area contributed by atoms with Crippen molar-refractivity contribution >= 4 is 31.4 Å². The molecule has 1 fully saturated rings. The average Bonchev–Trinajstić information content (AvgIpc) is 3.90. The van der Waals surface area contributed by atoms with Crippen LogP contribution in [0.15, 0.2) is 116 Å². The highest BCUT2D eigenvalue weighted by atomic mass is 31.2. The number of nitrogens with one attached hydrogen (secondary N) is 1. The van der Waals surface area contributed by atoms with Crippen LogP contribution in [-0.2, 0) is 28.9 Å². The van der Waals surface area contributed by atoms with E-state index in [4.69, 9.17) is 32.7 Å². The zero-order chi connectivity index (χ0) is 46.1. The second-order valence-electron chi connectivity index (χ2n) is 15.7. The molecule has 0 bridgehead atoms. The van der Waals surface area contributed by atoms with Crippen molar-refractivity contribution in [3.63, 3.8) is 0 Å². The highest BCUT2D eigenvalue weighted by Crippen LogP contribution is 2.51. The van der Waals surface area contributed by atoms with Gasteiger partial charge in [-0.05, 0) is 80.8 Å². The van der Waals surface area contributed by atoms with E-state index >= 15 is 4.39 Å². The lowest BCUT2D eigenvalue weighted by Gasteiger charge is -2.39. The molecule has 17 heteroatoms. The van der Waals surface area contributed by atoms with E-state index in [2.05, 4.69) is 31.0 Å². The Morgan fingerprint density at radius 1 is 0.862 bits per heavy atom. The van der Waals surface area contributed by atoms with Crippen LogP contribution < -0.4 is 14.8 Å². The normalized spacial score (nSPS) is 18.0. The van der Waals surface area contributed by atoms with Gasteiger partial charge in [-0.2, -0.15) is 19.6 Å². The van der Waals surface area contributed by atoms with Gasteiger partial charge in [-0.1, -0.05) is 72.8 Å². The first-order valence-corrected chi connectivity index (χ1v) is 22.3. The number of amides is 1. The zero-order valence-electron chi connectivity index (χ0n) is 37.3. The lowest BCUT2D eigenvalue weighted by molar-refractivity contribution is -0.0938. The van der Waals surface area contributed by atoms with Crippen LogP contribution in [-0.4, -0.2) is 95.0 Å². The number of carbonyl (C=O) groups excluding carboxylic acids is 1. The maximum atomic E-state index is 15.4. The van der Waals surface area contributed by atoms with E-state index in [1.807, 2.05) is 107 Å². The van der Waals surface area contributed by atoms with Crippen molar-refractivity contribution in [2.45, 2.75) is 76.3 Å². The number of benzene rings is 4. The number of imidazole rings is 1. The Morgan fingerprint density at radius 3 is 2.00 bits per heavy atom. The first-order chi connectivity index (χ1) is 31.5. The van der Waals surface area contributed by atoms with Crippen molar-refractivity contribution in [2.75, 3.05) is 39.9 Å². The second kappa shape index (κ2) is 21.4. The average molecular weight is 906 g/mol. The van der Waals surface area contributed by atoms with Crippen LogP contribution in [0, 0.1) is 17.4 Å². The van der Waals surface area contributed by atoms with E-state index in [0.29, 0.717) is 17.1 Å². The zero-order valence-corrected chi connectivity index (χ0v) is 38.2. The maximum absolute atomic E-state index is 15.4. The topological polar surface area (TPSA) is 164 Å². The van der Waals surface area contributed by atoms with E-state index in [1.54, 1.807) is 49.1 Å². The number of halogens is 1. The summed E-state index contributed by atoms with van der Waals surface area (Å²) in [6.07, 6.45) is -3.18. The summed E-state index contributed by atoms with van der Waals surface area (Å²) >= 11 is 0. The summed E-state index contributed by atoms with van der Waals surface area (Å²) in [5.41, 5.74) is 1.72. The van der Waals surface area contributed by atoms with Gasteiger partial charge >= 0.3 is 6.08 Å². The highest BCUT2D eigenvalue weighted by Gasteiger charge is 2.51. The third-order valence-corrected chi connectivity index (χ3v) is 13.1. The molecule has 1 saturated heterocycles. The summed E-state index contributed by atoms with van der Waals surface area (Å²) in [6.45, 7) is 8.24. The monoisotopic (exact) mass is 905 g/mol. The number of fused-ring (bicyclic) bond motifs is 1. The SMILES string of the molecule is COc1ccc(C(OC[C@H]2O[C@@H](n3cnc4c(NC(=O)c5ccccc5)nc(F)nc43)[C@H](OC)[C@@H]2OP(OCCC#N)N(C(C)C)C(C)C)(c2ccccc2)c2ccc(OC)cc2)cc1. The molecule has 3 heterocycles. The smallest absolute Gasteiger partial charge is 0.312 e. The number of rotatable bonds is 20. The van der Waals surface area contributed by atoms with E-state index in [9.17, 15) is 10.1 Å². The van der Waals surface area contributed by atoms with Crippen LogP contribution in [0.25, 0.3) is 11.2 Å². The number of nitriles is 1. The van der Waals surface area contributed by atoms with Gasteiger partial charge in [-0.15, -0.1) is 0 Å². The van der Waals surface area contributed by atoms with Gasteiger partial charge in [0, 0.05) is 24.8 Å². The second-order valence-corrected chi connectivity index (χ2v) is 17.1. The third kappa shape index (κ3) is 10.2. The minimum Gasteiger partial charge on any atom is -0.497 e. The fraction of sp³-hybridized carbons (Fsp3) is 0.354. The number of nitrogens with zero attached hydrogens (tertiary/aromatic N) is 6. The molecule has 65 heavy (non-hydrogen) atoms. The van der Waals surface area contributed by atoms with Gasteiger partial charge < -0.3 is 38.0 Å². The van der Waals surface area contributed by atoms with Gasteiger partial charge in [-0.25, -0.2) is 9.65 Å². The number of methoxy groups -OCH3 is 3. The number of ether oxygens (including phenoxy) is 5. The van der Waals surface area contributed by atoms with Crippen molar-refractivity contribution in [3.8, 4) is 17.6 Å². The number of aromatic nitrogens is 4. The molecule has 0 aliphatic carbocycles. The van der Waals surface area contributed by atoms with Crippen LogP contribution in [0.5, 0.6) is 11.5 Å². The van der Waals surface area contributed by atoms with E-state index in [-0.39, 0.29) is 48.7 Å². The Bertz CT molecular complexity index is 2470. The van der Waals surface area contributed by atoms with E-state index in [1.165, 1.54) is 13.4 Å². The first-order valence-electron chi connectivity index (χ1n) is 21.2. The summed E-state index contributed by atoms with van der Waals surface area (Å²) in [5.74, 6) is 0.718. The molecule has 1 unspecified atom stereocenters. The Kier molecular flexibility index (Phi) is 15.5. The van der Waals surface area contributed by atoms with Crippen LogP contribution in [0.3, 0.4) is 0 Å². The standard InChI is InChI=1S/C48H53FN7O8P/c1-31(2)56(32(3)4)65(62-28-14-27-50)64-41-39(29-61-48(34-17-12-9-13-18-34,35-19-23-37(58-5)24-20-35)36-21-25-38(59-6)26-22-36)63-46(42(41)60-7)55-30-51-40-43(53-47(49)54-44(40)55)52-45(57)33-15-10-8-11-16-33/h8-13,15-26,30-32,39,41-42,46H,14,28-29H2,1-7H3,(H,52,53,54,57)/t39-,41-,42-,46-,65?/m1/s1. The molecule has 1 amide bonds. The summed E-state index contributed by atoms with van der Waals surface area (Å²) in [7, 11) is 2.92. The quantitative estimate of drug-likeness (QED) is 0.0335. The maximum Gasteiger partial charge on any atom is 0.312 e. The first kappa shape index (κ1) is 47.1. The molecule has 15 nitrogen and oxygen atoms in total. The Hall–Kier alpha value is -5.89. The highest BCUT2D eigenvalue weighted by molar-refractivity contribution is 7.44. The Labute approximate surface area is 379 Å². The van der Waals surface area contributed by atoms with E-state index < -0.39 is 50.7 Å². The van der Waals surface area contributed by atoms with Crippen molar-refractivity contribution in [2.24, 2.45) is 0 Å². The predicted octanol–water partition coefficient (Wildman–Crippen LogP) is 8.82.